The Labute approximate surface area is 152 Å². The maximum Gasteiger partial charge on any atom is 1.00 e. The SMILES string of the molecule is CC1(C)C2CCC1(C)C(NCCSP(=O)(O[O-])OO)C2.[Na+]. The fraction of sp³-hybridized carbons (Fsp3) is 1.00. The molecule has 0 spiro atoms. The van der Waals surface area contributed by atoms with Gasteiger partial charge in [0.05, 0.1) is 0 Å². The molecule has 2 aliphatic carbocycles. The van der Waals surface area contributed by atoms with E-state index in [9.17, 15) is 9.82 Å². The van der Waals surface area contributed by atoms with E-state index in [2.05, 4.69) is 35.4 Å². The monoisotopic (exact) mass is 347 g/mol. The van der Waals surface area contributed by atoms with Gasteiger partial charge in [0.1, 0.15) is 0 Å². The molecule has 0 amide bonds. The van der Waals surface area contributed by atoms with Gasteiger partial charge in [-0.2, -0.15) is 0 Å². The van der Waals surface area contributed by atoms with Crippen molar-refractivity contribution >= 4 is 18.2 Å². The van der Waals surface area contributed by atoms with Gasteiger partial charge in [0.2, 0.25) is 0 Å². The number of hydrogen-bond donors (Lipinski definition) is 2. The van der Waals surface area contributed by atoms with Crippen LogP contribution in [-0.4, -0.2) is 23.6 Å². The first-order valence-electron chi connectivity index (χ1n) is 6.92. The van der Waals surface area contributed by atoms with Crippen molar-refractivity contribution in [2.75, 3.05) is 12.3 Å². The zero-order valence-corrected chi connectivity index (χ0v) is 16.8. The van der Waals surface area contributed by atoms with Gasteiger partial charge in [-0.05, 0) is 47.4 Å². The van der Waals surface area contributed by atoms with Crippen LogP contribution < -0.4 is 40.1 Å². The van der Waals surface area contributed by atoms with Crippen LogP contribution in [-0.2, 0) is 13.9 Å². The van der Waals surface area contributed by atoms with Gasteiger partial charge >= 0.3 is 36.4 Å². The summed E-state index contributed by atoms with van der Waals surface area (Å²) >= 11 is 0.712. The Hall–Kier alpha value is 1.38. The fourth-order valence-electron chi connectivity index (χ4n) is 3.96. The molecule has 9 heteroatoms. The third-order valence-corrected chi connectivity index (χ3v) is 8.69. The summed E-state index contributed by atoms with van der Waals surface area (Å²) in [5, 5.41) is 22.0. The maximum absolute atomic E-state index is 11.4. The molecule has 6 nitrogen and oxygen atoms in total. The number of hydrogen-bond acceptors (Lipinski definition) is 7. The molecule has 2 bridgehead atoms. The third kappa shape index (κ3) is 3.73. The van der Waals surface area contributed by atoms with Crippen LogP contribution in [0.1, 0.15) is 40.0 Å². The van der Waals surface area contributed by atoms with Gasteiger partial charge in [-0.3, -0.25) is 0 Å². The molecule has 2 fully saturated rings. The first kappa shape index (κ1) is 20.4. The summed E-state index contributed by atoms with van der Waals surface area (Å²) in [6.07, 6.45) is 3.70. The smallest absolute Gasteiger partial charge is 0.715 e. The molecule has 2 saturated carbocycles. The van der Waals surface area contributed by atoms with E-state index >= 15 is 0 Å². The van der Waals surface area contributed by atoms with Gasteiger partial charge < -0.3 is 15.2 Å². The average molecular weight is 347 g/mol. The Morgan fingerprint density at radius 2 is 2.14 bits per heavy atom. The molecular formula is C12H23NNaO5PS. The molecule has 0 heterocycles. The molecule has 118 valence electrons. The van der Waals surface area contributed by atoms with Crippen molar-refractivity contribution in [1.29, 1.82) is 0 Å². The molecule has 0 aliphatic heterocycles. The van der Waals surface area contributed by atoms with Gasteiger partial charge in [-0.1, -0.05) is 20.8 Å². The second-order valence-electron chi connectivity index (χ2n) is 6.55. The molecule has 2 aliphatic rings. The van der Waals surface area contributed by atoms with E-state index in [1.165, 1.54) is 19.3 Å². The van der Waals surface area contributed by atoms with Crippen LogP contribution in [0.5, 0.6) is 0 Å². The van der Waals surface area contributed by atoms with E-state index in [1.807, 2.05) is 0 Å². The van der Waals surface area contributed by atoms with E-state index in [1.54, 1.807) is 0 Å². The van der Waals surface area contributed by atoms with Crippen LogP contribution in [0.3, 0.4) is 0 Å². The van der Waals surface area contributed by atoms with Crippen LogP contribution in [0.4, 0.5) is 0 Å². The van der Waals surface area contributed by atoms with Gasteiger partial charge in [0, 0.05) is 18.3 Å². The van der Waals surface area contributed by atoms with Gasteiger partial charge in [-0.15, -0.1) is 4.67 Å². The van der Waals surface area contributed by atoms with Gasteiger partial charge in [0.15, 0.2) is 0 Å². The second-order valence-corrected chi connectivity index (χ2v) is 10.5. The molecule has 0 aromatic heterocycles. The van der Waals surface area contributed by atoms with E-state index in [-0.39, 0.29) is 35.0 Å². The molecule has 0 radical (unpaired) electrons. The minimum absolute atomic E-state index is 0. The Bertz CT molecular complexity index is 405. The third-order valence-electron chi connectivity index (χ3n) is 5.73. The van der Waals surface area contributed by atoms with Gasteiger partial charge in [-0.25, -0.2) is 9.82 Å². The molecule has 0 aromatic rings. The zero-order chi connectivity index (χ0) is 15.0. The van der Waals surface area contributed by atoms with Crippen molar-refractivity contribution in [3.8, 4) is 0 Å². The van der Waals surface area contributed by atoms with Crippen molar-refractivity contribution in [3.63, 3.8) is 0 Å². The van der Waals surface area contributed by atoms with E-state index in [0.717, 1.165) is 5.92 Å². The normalized spacial score (nSPS) is 36.2. The predicted octanol–water partition coefficient (Wildman–Crippen LogP) is -0.582. The second kappa shape index (κ2) is 7.51. The summed E-state index contributed by atoms with van der Waals surface area (Å²) in [7, 11) is 0. The summed E-state index contributed by atoms with van der Waals surface area (Å²) in [5.41, 5.74) is 0.633. The number of rotatable bonds is 7. The largest absolute Gasteiger partial charge is 1.00 e. The predicted molar refractivity (Wildman–Crippen MR) is 75.9 cm³/mol. The fourth-order valence-corrected chi connectivity index (χ4v) is 5.73. The standard InChI is InChI=1S/C12H24NO5PS.Na/c1-11(2)9-4-5-12(11,3)10(8-9)13-6-7-20-19(16,17-14)18-15;/h9-10,13-15H,4-8H2,1-3H3;/q;+1/p-1. The van der Waals surface area contributed by atoms with Crippen molar-refractivity contribution in [1.82, 2.24) is 5.32 Å². The van der Waals surface area contributed by atoms with Crippen molar-refractivity contribution < 1.29 is 54.0 Å². The molecule has 2 N–H and O–H groups in total. The molecule has 21 heavy (non-hydrogen) atoms. The summed E-state index contributed by atoms with van der Waals surface area (Å²) in [6.45, 7) is 3.72. The van der Waals surface area contributed by atoms with Crippen molar-refractivity contribution in [2.24, 2.45) is 16.7 Å². The Balaban J connectivity index is 0.00000220. The molecule has 4 unspecified atom stereocenters. The number of fused-ring (bicyclic) bond motifs is 2. The minimum atomic E-state index is -3.92. The Kier molecular flexibility index (Phi) is 7.31. The maximum atomic E-state index is 11.4. The van der Waals surface area contributed by atoms with Gasteiger partial charge in [0.25, 0.3) is 0 Å². The van der Waals surface area contributed by atoms with E-state index in [4.69, 9.17) is 5.26 Å². The molecule has 0 aromatic carbocycles. The van der Waals surface area contributed by atoms with Crippen LogP contribution in [0, 0.1) is 16.7 Å². The Morgan fingerprint density at radius 3 is 2.57 bits per heavy atom. The summed E-state index contributed by atoms with van der Waals surface area (Å²) in [4.78, 5) is 0. The van der Waals surface area contributed by atoms with Crippen LogP contribution in [0.2, 0.25) is 0 Å². The summed E-state index contributed by atoms with van der Waals surface area (Å²) < 4.78 is 18.4. The molecular weight excluding hydrogens is 324 g/mol. The zero-order valence-electron chi connectivity index (χ0n) is 13.1. The number of nitrogens with one attached hydrogen (secondary N) is 1. The Morgan fingerprint density at radius 1 is 1.48 bits per heavy atom. The van der Waals surface area contributed by atoms with Crippen LogP contribution >= 0.6 is 18.2 Å². The molecule has 0 saturated heterocycles. The average Bonchev–Trinajstić information content (AvgIpc) is 2.76. The van der Waals surface area contributed by atoms with Crippen molar-refractivity contribution in [2.45, 2.75) is 46.1 Å². The molecule has 2 rings (SSSR count). The van der Waals surface area contributed by atoms with E-state index in [0.29, 0.717) is 35.1 Å². The quantitative estimate of drug-likeness (QED) is 0.209. The van der Waals surface area contributed by atoms with Crippen LogP contribution in [0.15, 0.2) is 0 Å². The van der Waals surface area contributed by atoms with E-state index < -0.39 is 6.80 Å². The first-order valence-corrected chi connectivity index (χ1v) is 10.0. The molecule has 4 atom stereocenters. The van der Waals surface area contributed by atoms with Crippen molar-refractivity contribution in [3.05, 3.63) is 0 Å². The first-order chi connectivity index (χ1) is 9.29. The van der Waals surface area contributed by atoms with Crippen LogP contribution in [0.25, 0.3) is 0 Å². The summed E-state index contributed by atoms with van der Waals surface area (Å²) in [5.74, 6) is 1.15. The topological polar surface area (TPSA) is 90.9 Å². The summed E-state index contributed by atoms with van der Waals surface area (Å²) in [6, 6.07) is 0.444. The minimum Gasteiger partial charge on any atom is -0.715 e.